The molecule has 4 aromatic rings. The number of esters is 2. The molecule has 8 nitrogen and oxygen atoms in total. The van der Waals surface area contributed by atoms with Gasteiger partial charge in [-0.1, -0.05) is 6.07 Å². The van der Waals surface area contributed by atoms with E-state index in [1.54, 1.807) is 32.9 Å². The minimum absolute atomic E-state index is 0.0102. The lowest BCUT2D eigenvalue weighted by atomic mass is 10.1. The summed E-state index contributed by atoms with van der Waals surface area (Å²) in [7, 11) is 0. The molecular weight excluding hydrogens is 425 g/mol. The quantitative estimate of drug-likeness (QED) is 0.454. The molecule has 3 heterocycles. The van der Waals surface area contributed by atoms with Crippen molar-refractivity contribution >= 4 is 50.3 Å². The minimum Gasteiger partial charge on any atom is -0.462 e. The molecule has 0 amide bonds. The number of carbonyl (C=O) groups is 2. The summed E-state index contributed by atoms with van der Waals surface area (Å²) in [6.45, 7) is 4.87. The molecule has 0 atom stereocenters. The smallest absolute Gasteiger partial charge is 0.349 e. The lowest BCUT2D eigenvalue weighted by Crippen LogP contribution is -2.10. The molecule has 0 unspecified atom stereocenters. The van der Waals surface area contributed by atoms with Gasteiger partial charge in [0.2, 0.25) is 5.71 Å². The highest BCUT2D eigenvalue weighted by Crippen LogP contribution is 2.33. The number of anilines is 1. The van der Waals surface area contributed by atoms with E-state index in [1.807, 2.05) is 0 Å². The minimum atomic E-state index is -0.622. The zero-order valence-corrected chi connectivity index (χ0v) is 17.8. The van der Waals surface area contributed by atoms with Crippen molar-refractivity contribution in [3.8, 4) is 0 Å². The van der Waals surface area contributed by atoms with Crippen LogP contribution in [-0.4, -0.2) is 28.5 Å². The van der Waals surface area contributed by atoms with Crippen molar-refractivity contribution in [1.82, 2.24) is 9.97 Å². The first kappa shape index (κ1) is 20.7. The maximum atomic E-state index is 14.1. The number of halogens is 1. The Balaban J connectivity index is 1.60. The number of hydrogen-bond donors (Lipinski definition) is 1. The van der Waals surface area contributed by atoms with Crippen molar-refractivity contribution in [1.29, 1.82) is 0 Å². The van der Waals surface area contributed by atoms with Gasteiger partial charge in [-0.15, -0.1) is 11.3 Å². The Hall–Kier alpha value is -3.53. The van der Waals surface area contributed by atoms with Crippen LogP contribution in [-0.2, 0) is 16.1 Å². The maximum absolute atomic E-state index is 14.1. The van der Waals surface area contributed by atoms with Crippen LogP contribution in [0.4, 0.5) is 10.2 Å². The molecular formula is C21H18FN3O5S. The number of fused-ring (bicyclic) bond motifs is 2. The molecule has 0 saturated heterocycles. The molecule has 3 aromatic heterocycles. The Morgan fingerprint density at radius 1 is 1.16 bits per heavy atom. The molecule has 4 rings (SSSR count). The first-order chi connectivity index (χ1) is 14.8. The number of thiophene rings is 1. The van der Waals surface area contributed by atoms with Crippen molar-refractivity contribution in [3.05, 3.63) is 51.6 Å². The molecule has 0 saturated carbocycles. The van der Waals surface area contributed by atoms with Crippen LogP contribution < -0.4 is 5.73 Å². The SMILES string of the molecule is CCOC(=O)c1c(C)oc2nc(COC(=O)c3sc4cccc(F)c4c3C)nc(N)c12. The Labute approximate surface area is 179 Å². The van der Waals surface area contributed by atoms with Crippen LogP contribution in [0.5, 0.6) is 0 Å². The molecule has 0 radical (unpaired) electrons. The number of furan rings is 1. The Morgan fingerprint density at radius 3 is 2.65 bits per heavy atom. The van der Waals surface area contributed by atoms with Gasteiger partial charge in [-0.3, -0.25) is 0 Å². The molecule has 0 aliphatic heterocycles. The molecule has 0 spiro atoms. The van der Waals surface area contributed by atoms with E-state index >= 15 is 0 Å². The highest BCUT2D eigenvalue weighted by atomic mass is 32.1. The third-order valence-electron chi connectivity index (χ3n) is 4.70. The molecule has 1 aromatic carbocycles. The third-order valence-corrected chi connectivity index (χ3v) is 5.94. The number of ether oxygens (including phenoxy) is 2. The first-order valence-corrected chi connectivity index (χ1v) is 10.2. The number of hydrogen-bond acceptors (Lipinski definition) is 9. The first-order valence-electron chi connectivity index (χ1n) is 9.39. The largest absolute Gasteiger partial charge is 0.462 e. The van der Waals surface area contributed by atoms with Crippen LogP contribution in [0.25, 0.3) is 21.2 Å². The monoisotopic (exact) mass is 443 g/mol. The fraction of sp³-hybridized carbons (Fsp3) is 0.238. The van der Waals surface area contributed by atoms with Gasteiger partial charge in [-0.05, 0) is 38.5 Å². The standard InChI is InChI=1S/C21H18FN3O5S/c1-4-28-20(26)15-10(3)30-19-16(15)18(23)24-13(25-19)8-29-21(27)17-9(2)14-11(22)6-5-7-12(14)31-17/h5-7H,4,8H2,1-3H3,(H2,23,24,25). The molecule has 31 heavy (non-hydrogen) atoms. The van der Waals surface area contributed by atoms with Gasteiger partial charge in [-0.25, -0.2) is 19.0 Å². The van der Waals surface area contributed by atoms with Gasteiger partial charge in [0.25, 0.3) is 0 Å². The third kappa shape index (κ3) is 3.59. The summed E-state index contributed by atoms with van der Waals surface area (Å²) in [5, 5.41) is 0.653. The predicted molar refractivity (Wildman–Crippen MR) is 113 cm³/mol. The lowest BCUT2D eigenvalue weighted by Gasteiger charge is -2.05. The number of nitrogen functional groups attached to an aromatic ring is 1. The van der Waals surface area contributed by atoms with E-state index in [2.05, 4.69) is 9.97 Å². The van der Waals surface area contributed by atoms with Crippen LogP contribution in [0.2, 0.25) is 0 Å². The molecule has 0 aliphatic rings. The van der Waals surface area contributed by atoms with E-state index in [0.29, 0.717) is 26.3 Å². The summed E-state index contributed by atoms with van der Waals surface area (Å²) in [6, 6.07) is 4.67. The van der Waals surface area contributed by atoms with E-state index in [9.17, 15) is 14.0 Å². The van der Waals surface area contributed by atoms with Gasteiger partial charge in [0.05, 0.1) is 12.0 Å². The highest BCUT2D eigenvalue weighted by molar-refractivity contribution is 7.21. The average Bonchev–Trinajstić information content (AvgIpc) is 3.24. The molecule has 0 fully saturated rings. The second kappa shape index (κ2) is 7.95. The van der Waals surface area contributed by atoms with Gasteiger partial charge >= 0.3 is 11.9 Å². The summed E-state index contributed by atoms with van der Waals surface area (Å²) >= 11 is 1.15. The van der Waals surface area contributed by atoms with Gasteiger partial charge in [-0.2, -0.15) is 4.98 Å². The molecule has 2 N–H and O–H groups in total. The zero-order chi connectivity index (χ0) is 22.3. The summed E-state index contributed by atoms with van der Waals surface area (Å²) in [6.07, 6.45) is 0. The van der Waals surface area contributed by atoms with Crippen molar-refractivity contribution in [3.63, 3.8) is 0 Å². The van der Waals surface area contributed by atoms with Crippen molar-refractivity contribution in [2.75, 3.05) is 12.3 Å². The van der Waals surface area contributed by atoms with Crippen molar-refractivity contribution in [2.45, 2.75) is 27.4 Å². The van der Waals surface area contributed by atoms with Gasteiger partial charge in [0.1, 0.15) is 27.8 Å². The van der Waals surface area contributed by atoms with Gasteiger partial charge < -0.3 is 19.6 Å². The number of aromatic nitrogens is 2. The van der Waals surface area contributed by atoms with Crippen molar-refractivity contribution in [2.24, 2.45) is 0 Å². The zero-order valence-electron chi connectivity index (χ0n) is 16.9. The second-order valence-corrected chi connectivity index (χ2v) is 7.76. The summed E-state index contributed by atoms with van der Waals surface area (Å²) < 4.78 is 30.6. The normalized spacial score (nSPS) is 11.2. The Bertz CT molecular complexity index is 1340. The lowest BCUT2D eigenvalue weighted by molar-refractivity contribution is 0.0466. The second-order valence-electron chi connectivity index (χ2n) is 6.70. The summed E-state index contributed by atoms with van der Waals surface area (Å²) in [5.41, 5.74) is 6.79. The number of rotatable bonds is 5. The van der Waals surface area contributed by atoms with Gasteiger partial charge in [0, 0.05) is 10.1 Å². The predicted octanol–water partition coefficient (Wildman–Crippen LogP) is 4.31. The van der Waals surface area contributed by atoms with E-state index in [0.717, 1.165) is 11.3 Å². The number of aryl methyl sites for hydroxylation is 2. The number of benzene rings is 1. The van der Waals surface area contributed by atoms with Crippen molar-refractivity contribution < 1.29 is 27.9 Å². The fourth-order valence-electron chi connectivity index (χ4n) is 3.34. The maximum Gasteiger partial charge on any atom is 0.349 e. The summed E-state index contributed by atoms with van der Waals surface area (Å²) in [5.74, 6) is -1.18. The van der Waals surface area contributed by atoms with Crippen LogP contribution in [0.15, 0.2) is 22.6 Å². The number of carbonyl (C=O) groups excluding carboxylic acids is 2. The molecule has 10 heteroatoms. The summed E-state index contributed by atoms with van der Waals surface area (Å²) in [4.78, 5) is 33.4. The molecule has 0 aliphatic carbocycles. The van der Waals surface area contributed by atoms with E-state index in [1.165, 1.54) is 6.07 Å². The Morgan fingerprint density at radius 2 is 1.94 bits per heavy atom. The topological polar surface area (TPSA) is 118 Å². The van der Waals surface area contributed by atoms with Crippen LogP contribution >= 0.6 is 11.3 Å². The number of nitrogens with zero attached hydrogens (tertiary/aromatic N) is 2. The van der Waals surface area contributed by atoms with E-state index in [4.69, 9.17) is 19.6 Å². The average molecular weight is 443 g/mol. The van der Waals surface area contributed by atoms with E-state index in [-0.39, 0.29) is 41.5 Å². The molecule has 0 bridgehead atoms. The van der Waals surface area contributed by atoms with Crippen LogP contribution in [0.3, 0.4) is 0 Å². The fourth-order valence-corrected chi connectivity index (χ4v) is 4.46. The van der Waals surface area contributed by atoms with Crippen LogP contribution in [0.1, 0.15) is 44.1 Å². The van der Waals surface area contributed by atoms with Crippen LogP contribution in [0, 0.1) is 19.7 Å². The number of nitrogens with two attached hydrogens (primary N) is 1. The van der Waals surface area contributed by atoms with E-state index < -0.39 is 17.8 Å². The molecule has 160 valence electrons. The van der Waals surface area contributed by atoms with Gasteiger partial charge in [0.15, 0.2) is 12.4 Å². The highest BCUT2D eigenvalue weighted by Gasteiger charge is 2.24. The Kier molecular flexibility index (Phi) is 5.32.